The van der Waals surface area contributed by atoms with E-state index in [2.05, 4.69) is 0 Å². The van der Waals surface area contributed by atoms with E-state index in [9.17, 15) is 9.59 Å². The maximum atomic E-state index is 13.3. The normalized spacial score (nSPS) is 26.7. The maximum Gasteiger partial charge on any atom is 0.322 e. The van der Waals surface area contributed by atoms with Crippen LogP contribution in [0.3, 0.4) is 0 Å². The molecule has 1 aliphatic heterocycles. The van der Waals surface area contributed by atoms with E-state index in [1.165, 1.54) is 0 Å². The Hall–Kier alpha value is -2.46. The molecule has 1 saturated heterocycles. The number of rotatable bonds is 4. The summed E-state index contributed by atoms with van der Waals surface area (Å²) in [6, 6.07) is 14.1. The molecular formula is C25H28O4. The summed E-state index contributed by atoms with van der Waals surface area (Å²) in [5.41, 5.74) is 4.18. The molecule has 0 radical (unpaired) electrons. The second kappa shape index (κ2) is 7.75. The molecule has 0 N–H and O–H groups in total. The Bertz CT molecular complexity index is 923. The molecule has 4 heteroatoms. The predicted octanol–water partition coefficient (Wildman–Crippen LogP) is 4.72. The quantitative estimate of drug-likeness (QED) is 0.558. The van der Waals surface area contributed by atoms with Crippen molar-refractivity contribution < 1.29 is 19.1 Å². The van der Waals surface area contributed by atoms with E-state index >= 15 is 0 Å². The van der Waals surface area contributed by atoms with Crippen molar-refractivity contribution in [1.29, 1.82) is 0 Å². The molecule has 29 heavy (non-hydrogen) atoms. The lowest BCUT2D eigenvalue weighted by Crippen LogP contribution is -2.42. The largest absolute Gasteiger partial charge is 0.450 e. The van der Waals surface area contributed by atoms with Crippen LogP contribution in [0.4, 0.5) is 0 Å². The van der Waals surface area contributed by atoms with Crippen molar-refractivity contribution >= 4 is 11.8 Å². The molecule has 0 aromatic heterocycles. The number of carbonyl (C=O) groups excluding carboxylic acids is 2. The number of ether oxygens (including phenoxy) is 2. The minimum atomic E-state index is -0.973. The van der Waals surface area contributed by atoms with Gasteiger partial charge in [0.15, 0.2) is 11.4 Å². The smallest absolute Gasteiger partial charge is 0.322 e. The lowest BCUT2D eigenvalue weighted by molar-refractivity contribution is -0.158. The number of esters is 1. The Balaban J connectivity index is 1.45. The minimum absolute atomic E-state index is 0.0737. The van der Waals surface area contributed by atoms with Gasteiger partial charge in [-0.25, -0.2) is 0 Å². The minimum Gasteiger partial charge on any atom is -0.450 e. The Morgan fingerprint density at radius 3 is 2.31 bits per heavy atom. The van der Waals surface area contributed by atoms with E-state index in [1.807, 2.05) is 63.2 Å². The average Bonchev–Trinajstić information content (AvgIpc) is 2.95. The summed E-state index contributed by atoms with van der Waals surface area (Å²) >= 11 is 0. The lowest BCUT2D eigenvalue weighted by atomic mass is 9.76. The van der Waals surface area contributed by atoms with Gasteiger partial charge in [0, 0.05) is 0 Å². The fraction of sp³-hybridized carbons (Fsp3) is 0.440. The van der Waals surface area contributed by atoms with Crippen LogP contribution in [0.25, 0.3) is 0 Å². The highest BCUT2D eigenvalue weighted by molar-refractivity contribution is 6.13. The van der Waals surface area contributed by atoms with E-state index in [0.717, 1.165) is 40.7 Å². The highest BCUT2D eigenvalue weighted by Crippen LogP contribution is 2.44. The van der Waals surface area contributed by atoms with Crippen molar-refractivity contribution in [2.24, 2.45) is 0 Å². The lowest BCUT2D eigenvalue weighted by Gasteiger charge is -2.34. The first kappa shape index (κ1) is 19.8. The zero-order valence-electron chi connectivity index (χ0n) is 17.4. The number of carbonyl (C=O) groups is 2. The number of aryl methyl sites for hydroxylation is 3. The van der Waals surface area contributed by atoms with Crippen LogP contribution in [0.2, 0.25) is 0 Å². The van der Waals surface area contributed by atoms with Gasteiger partial charge in [-0.2, -0.15) is 0 Å². The van der Waals surface area contributed by atoms with E-state index < -0.39 is 17.5 Å². The summed E-state index contributed by atoms with van der Waals surface area (Å²) in [6.07, 6.45) is 2.62. The molecule has 152 valence electrons. The van der Waals surface area contributed by atoms with Crippen molar-refractivity contribution in [3.8, 4) is 0 Å². The van der Waals surface area contributed by atoms with E-state index in [0.29, 0.717) is 19.4 Å². The second-order valence-corrected chi connectivity index (χ2v) is 8.50. The molecule has 4 nitrogen and oxygen atoms in total. The first-order valence-corrected chi connectivity index (χ1v) is 10.4. The van der Waals surface area contributed by atoms with Gasteiger partial charge >= 0.3 is 5.97 Å². The van der Waals surface area contributed by atoms with Crippen molar-refractivity contribution in [1.82, 2.24) is 0 Å². The van der Waals surface area contributed by atoms with Crippen LogP contribution in [0.5, 0.6) is 0 Å². The van der Waals surface area contributed by atoms with Gasteiger partial charge in [-0.3, -0.25) is 9.59 Å². The molecule has 2 fully saturated rings. The first-order chi connectivity index (χ1) is 13.9. The van der Waals surface area contributed by atoms with Crippen LogP contribution in [-0.4, -0.2) is 23.5 Å². The molecule has 1 heterocycles. The molecule has 1 atom stereocenters. The predicted molar refractivity (Wildman–Crippen MR) is 111 cm³/mol. The Labute approximate surface area is 172 Å². The highest BCUT2D eigenvalue weighted by Gasteiger charge is 2.56. The van der Waals surface area contributed by atoms with Gasteiger partial charge in [0.2, 0.25) is 0 Å². The summed E-state index contributed by atoms with van der Waals surface area (Å²) in [5, 5.41) is 0. The van der Waals surface area contributed by atoms with E-state index in [1.54, 1.807) is 0 Å². The average molecular weight is 392 g/mol. The van der Waals surface area contributed by atoms with Crippen LogP contribution in [0.1, 0.15) is 59.4 Å². The zero-order chi connectivity index (χ0) is 20.6. The van der Waals surface area contributed by atoms with Crippen molar-refractivity contribution in [3.05, 3.63) is 70.3 Å². The summed E-state index contributed by atoms with van der Waals surface area (Å²) in [5.74, 6) is -1.27. The van der Waals surface area contributed by atoms with Gasteiger partial charge in [-0.05, 0) is 74.3 Å². The standard InChI is InChI=1S/C25H28O4/c1-16-13-18(3)21(14-17(16)2)22-23(26)25(29-24(22)27)11-9-20(10-12-25)28-15-19-7-5-4-6-8-19/h4-8,13-14,20,22H,9-12,15H2,1-3H3. The highest BCUT2D eigenvalue weighted by atomic mass is 16.6. The molecule has 0 amide bonds. The fourth-order valence-corrected chi connectivity index (χ4v) is 4.59. The van der Waals surface area contributed by atoms with Crippen molar-refractivity contribution in [3.63, 3.8) is 0 Å². The SMILES string of the molecule is Cc1cc(C)c(C2C(=O)OC3(CCC(OCc4ccccc4)CC3)C2=O)cc1C. The fourth-order valence-electron chi connectivity index (χ4n) is 4.59. The molecule has 1 saturated carbocycles. The zero-order valence-corrected chi connectivity index (χ0v) is 17.4. The summed E-state index contributed by atoms with van der Waals surface area (Å²) in [4.78, 5) is 26.1. The Morgan fingerprint density at radius 1 is 0.966 bits per heavy atom. The van der Waals surface area contributed by atoms with Gasteiger partial charge in [-0.1, -0.05) is 42.5 Å². The Kier molecular flexibility index (Phi) is 5.30. The number of benzene rings is 2. The molecule has 1 spiro atoms. The number of hydrogen-bond acceptors (Lipinski definition) is 4. The van der Waals surface area contributed by atoms with E-state index in [-0.39, 0.29) is 11.9 Å². The number of hydrogen-bond donors (Lipinski definition) is 0. The van der Waals surface area contributed by atoms with Crippen molar-refractivity contribution in [2.45, 2.75) is 70.7 Å². The molecule has 1 unspecified atom stereocenters. The maximum absolute atomic E-state index is 13.3. The molecule has 2 aromatic carbocycles. The van der Waals surface area contributed by atoms with Crippen LogP contribution in [0, 0.1) is 20.8 Å². The van der Waals surface area contributed by atoms with Gasteiger partial charge < -0.3 is 9.47 Å². The third-order valence-electron chi connectivity index (χ3n) is 6.51. The summed E-state index contributed by atoms with van der Waals surface area (Å²) in [6.45, 7) is 6.57. The molecule has 0 bridgehead atoms. The number of ketones is 1. The summed E-state index contributed by atoms with van der Waals surface area (Å²) in [7, 11) is 0. The van der Waals surface area contributed by atoms with E-state index in [4.69, 9.17) is 9.47 Å². The van der Waals surface area contributed by atoms with Gasteiger partial charge in [-0.15, -0.1) is 0 Å². The van der Waals surface area contributed by atoms with Crippen molar-refractivity contribution in [2.75, 3.05) is 0 Å². The molecule has 2 aromatic rings. The number of Topliss-reactive ketones (excluding diaryl/α,β-unsaturated/α-hetero) is 1. The van der Waals surface area contributed by atoms with Crippen LogP contribution >= 0.6 is 0 Å². The van der Waals surface area contributed by atoms with Gasteiger partial charge in [0.25, 0.3) is 0 Å². The Morgan fingerprint density at radius 2 is 1.62 bits per heavy atom. The van der Waals surface area contributed by atoms with Crippen LogP contribution in [0.15, 0.2) is 42.5 Å². The molecule has 4 rings (SSSR count). The molecule has 2 aliphatic rings. The summed E-state index contributed by atoms with van der Waals surface area (Å²) < 4.78 is 11.8. The van der Waals surface area contributed by atoms with Crippen LogP contribution in [-0.2, 0) is 25.7 Å². The molecule has 1 aliphatic carbocycles. The third-order valence-corrected chi connectivity index (χ3v) is 6.51. The first-order valence-electron chi connectivity index (χ1n) is 10.4. The third kappa shape index (κ3) is 3.74. The topological polar surface area (TPSA) is 52.6 Å². The van der Waals surface area contributed by atoms with Crippen LogP contribution < -0.4 is 0 Å². The van der Waals surface area contributed by atoms with Gasteiger partial charge in [0.05, 0.1) is 12.7 Å². The molecular weight excluding hydrogens is 364 g/mol. The monoisotopic (exact) mass is 392 g/mol. The van der Waals surface area contributed by atoms with Gasteiger partial charge in [0.1, 0.15) is 5.92 Å². The second-order valence-electron chi connectivity index (χ2n) is 8.50.